The molecule has 0 unspecified atom stereocenters. The van der Waals surface area contributed by atoms with Gasteiger partial charge in [-0.25, -0.2) is 0 Å². The lowest BCUT2D eigenvalue weighted by Crippen LogP contribution is -2.03. The fourth-order valence-electron chi connectivity index (χ4n) is 13.0. The number of fused-ring (bicyclic) bond motifs is 2. The van der Waals surface area contributed by atoms with Gasteiger partial charge in [-0.1, -0.05) is 158 Å². The maximum absolute atomic E-state index is 2.52. The van der Waals surface area contributed by atoms with Crippen molar-refractivity contribution in [3.63, 3.8) is 0 Å². The Bertz CT molecular complexity index is 3410. The average molecular weight is 1450 g/mol. The molecule has 0 radical (unpaired) electrons. The van der Waals surface area contributed by atoms with Gasteiger partial charge in [-0.3, -0.25) is 0 Å². The van der Waals surface area contributed by atoms with Crippen LogP contribution < -0.4 is 0 Å². The molecule has 1 aliphatic heterocycles. The van der Waals surface area contributed by atoms with Crippen molar-refractivity contribution >= 4 is 157 Å². The molecule has 0 bridgehead atoms. The van der Waals surface area contributed by atoms with Crippen LogP contribution in [-0.2, 0) is 25.7 Å². The highest BCUT2D eigenvalue weighted by molar-refractivity contribution is 8.79. The van der Waals surface area contributed by atoms with Gasteiger partial charge in [0.2, 0.25) is 0 Å². The van der Waals surface area contributed by atoms with Crippen LogP contribution in [0.2, 0.25) is 0 Å². The molecule has 14 heteroatoms. The molecule has 480 valence electrons. The largest absolute Gasteiger partial charge is 0.139 e. The van der Waals surface area contributed by atoms with Crippen LogP contribution in [0.25, 0.3) is 78.0 Å². The molecule has 0 aliphatic carbocycles. The number of thiophene rings is 10. The van der Waals surface area contributed by atoms with Gasteiger partial charge in [0.1, 0.15) is 0 Å². The highest BCUT2D eigenvalue weighted by atomic mass is 33.1. The molecule has 0 saturated carbocycles. The third kappa shape index (κ3) is 16.3. The van der Waals surface area contributed by atoms with Crippen LogP contribution >= 0.6 is 157 Å². The lowest BCUT2D eigenvalue weighted by Gasteiger charge is -2.14. The van der Waals surface area contributed by atoms with Gasteiger partial charge in [-0.05, 0) is 215 Å². The van der Waals surface area contributed by atoms with Crippen LogP contribution in [0.15, 0.2) is 92.4 Å². The number of aryl methyl sites for hydroxylation is 4. The Morgan fingerprint density at radius 2 is 0.456 bits per heavy atom. The lowest BCUT2D eigenvalue weighted by atomic mass is 9.92. The molecule has 11 heterocycles. The van der Waals surface area contributed by atoms with Gasteiger partial charge in [-0.15, -0.1) is 113 Å². The van der Waals surface area contributed by atoms with Crippen molar-refractivity contribution < 1.29 is 0 Å². The van der Waals surface area contributed by atoms with E-state index in [0.29, 0.717) is 0 Å². The van der Waals surface area contributed by atoms with Gasteiger partial charge in [0, 0.05) is 78.0 Å². The average Bonchev–Trinajstić information content (AvgIpc) is 1.65. The van der Waals surface area contributed by atoms with Crippen molar-refractivity contribution in [1.82, 2.24) is 0 Å². The van der Waals surface area contributed by atoms with E-state index in [1.807, 2.05) is 134 Å². The zero-order valence-electron chi connectivity index (χ0n) is 55.1. The predicted octanol–water partition coefficient (Wildman–Crippen LogP) is 31.8. The minimum absolute atomic E-state index is 0.733. The SMILES string of the molecule is CCCC[C@@H](CC)Cc1cc(C)sc1-c1ccc(-c2sc(-c3ccc(-c4sc(C)cc4C[C@H](CC)CCCC)s3)c3c2SSc2c(-c4ccc(-c5sc(C)cc5C[C@@H](CC)CCCC)s4)sc(-c4ccc(-c5sc(C)cc5C[C@@H](CC)CCCC)s4)c2SS3)s1. The molecule has 0 N–H and O–H groups in total. The van der Waals surface area contributed by atoms with Gasteiger partial charge in [0.25, 0.3) is 0 Å². The molecule has 0 nitrogen and oxygen atoms in total. The minimum atomic E-state index is 0.733. The minimum Gasteiger partial charge on any atom is -0.139 e. The first-order chi connectivity index (χ1) is 43.8. The van der Waals surface area contributed by atoms with Gasteiger partial charge in [0.05, 0.1) is 39.1 Å². The third-order valence-corrected chi connectivity index (χ3v) is 36.5. The summed E-state index contributed by atoms with van der Waals surface area (Å²) in [5.74, 6) is 2.93. The van der Waals surface area contributed by atoms with Crippen LogP contribution in [0, 0.1) is 51.4 Å². The molecule has 0 saturated heterocycles. The summed E-state index contributed by atoms with van der Waals surface area (Å²) < 4.78 is 0. The Labute approximate surface area is 597 Å². The molecular formula is C76H92S14. The summed E-state index contributed by atoms with van der Waals surface area (Å²) in [5, 5.41) is 0. The lowest BCUT2D eigenvalue weighted by molar-refractivity contribution is 0.450. The number of rotatable bonds is 32. The molecule has 1 aliphatic rings. The van der Waals surface area contributed by atoms with E-state index in [4.69, 9.17) is 0 Å². The van der Waals surface area contributed by atoms with Crippen molar-refractivity contribution in [2.24, 2.45) is 23.7 Å². The molecule has 0 fully saturated rings. The first-order valence-corrected chi connectivity index (χ1v) is 46.1. The van der Waals surface area contributed by atoms with E-state index in [9.17, 15) is 0 Å². The Hall–Kier alpha value is -1.60. The fraction of sp³-hybridized carbons (Fsp3) is 0.474. The van der Waals surface area contributed by atoms with Crippen molar-refractivity contribution in [2.45, 2.75) is 231 Å². The Kier molecular flexibility index (Phi) is 25.6. The van der Waals surface area contributed by atoms with Crippen LogP contribution in [-0.4, -0.2) is 0 Å². The monoisotopic (exact) mass is 1450 g/mol. The number of unbranched alkanes of at least 4 members (excludes halogenated alkanes) is 4. The molecule has 10 aromatic heterocycles. The normalized spacial score (nSPS) is 14.1. The third-order valence-electron chi connectivity index (χ3n) is 18.2. The fourth-order valence-corrected chi connectivity index (χ4v) is 32.5. The Balaban J connectivity index is 1.02. The molecule has 4 atom stereocenters. The zero-order valence-corrected chi connectivity index (χ0v) is 66.5. The van der Waals surface area contributed by atoms with E-state index in [2.05, 4.69) is 179 Å². The summed E-state index contributed by atoms with van der Waals surface area (Å²) in [6.45, 7) is 28.3. The molecular weight excluding hydrogens is 1360 g/mol. The molecule has 0 amide bonds. The summed E-state index contributed by atoms with van der Waals surface area (Å²) in [6.07, 6.45) is 25.3. The predicted molar refractivity (Wildman–Crippen MR) is 426 cm³/mol. The molecule has 10 aromatic rings. The second kappa shape index (κ2) is 33.1. The maximum atomic E-state index is 2.52. The number of hydrogen-bond donors (Lipinski definition) is 0. The van der Waals surface area contributed by atoms with E-state index in [1.165, 1.54) is 246 Å². The summed E-state index contributed by atoms with van der Waals surface area (Å²) in [6, 6.07) is 29.9. The van der Waals surface area contributed by atoms with Crippen molar-refractivity contribution in [1.29, 1.82) is 0 Å². The quantitative estimate of drug-likeness (QED) is 0.0385. The highest BCUT2D eigenvalue weighted by Gasteiger charge is 2.33. The van der Waals surface area contributed by atoms with Crippen molar-refractivity contribution in [3.8, 4) is 78.0 Å². The van der Waals surface area contributed by atoms with E-state index >= 15 is 0 Å². The smallest absolute Gasteiger partial charge is 0.0606 e. The molecule has 0 spiro atoms. The highest BCUT2D eigenvalue weighted by Crippen LogP contribution is 2.67. The van der Waals surface area contributed by atoms with E-state index in [1.54, 1.807) is 22.3 Å². The topological polar surface area (TPSA) is 0 Å². The van der Waals surface area contributed by atoms with Gasteiger partial charge >= 0.3 is 0 Å². The van der Waals surface area contributed by atoms with Crippen LogP contribution in [0.5, 0.6) is 0 Å². The standard InChI is InChI=1S/C76H92S14/c1-13-21-25-49(17-5)41-53-37-45(9)77-65(53)57-29-33-61(81-57)69-73-74(70(85-69)62-34-30-58(82-62)66-54(38-46(10)78-66)42-50(18-6)26-22-14-2)88-90-76-72(64-36-32-60(84-64)68-56(40-48(12)80-68)44-52(20-8)28-24-16-4)86-71(75(76)89-87-73)63-35-31-59(83-63)67-55(39-47(11)79-67)43-51(19-7)27-23-15-3/h29-40,49-52H,13-28,41-44H2,1-12H3/t49-,50-,51+,52+. The summed E-state index contributed by atoms with van der Waals surface area (Å²) in [7, 11) is 8.19. The van der Waals surface area contributed by atoms with Crippen LogP contribution in [0.3, 0.4) is 0 Å². The first-order valence-electron chi connectivity index (χ1n) is 33.7. The molecule has 90 heavy (non-hydrogen) atoms. The molecule has 11 rings (SSSR count). The van der Waals surface area contributed by atoms with Crippen molar-refractivity contribution in [3.05, 3.63) is 115 Å². The van der Waals surface area contributed by atoms with Gasteiger partial charge < -0.3 is 0 Å². The second-order valence-corrected chi connectivity index (χ2v) is 40.9. The van der Waals surface area contributed by atoms with Crippen LogP contribution in [0.1, 0.15) is 200 Å². The van der Waals surface area contributed by atoms with E-state index in [0.717, 1.165) is 23.7 Å². The Morgan fingerprint density at radius 3 is 0.644 bits per heavy atom. The Morgan fingerprint density at radius 1 is 0.256 bits per heavy atom. The zero-order chi connectivity index (χ0) is 63.0. The van der Waals surface area contributed by atoms with E-state index in [-0.39, 0.29) is 0 Å². The van der Waals surface area contributed by atoms with Gasteiger partial charge in [-0.2, -0.15) is 0 Å². The summed E-state index contributed by atoms with van der Waals surface area (Å²) >= 11 is 20.3. The first kappa shape index (κ1) is 69.7. The maximum Gasteiger partial charge on any atom is 0.0606 e. The molecule has 0 aromatic carbocycles. The van der Waals surface area contributed by atoms with Crippen LogP contribution in [0.4, 0.5) is 0 Å². The van der Waals surface area contributed by atoms with Crippen molar-refractivity contribution in [2.75, 3.05) is 0 Å². The summed E-state index contributed by atoms with van der Waals surface area (Å²) in [4.78, 5) is 34.5. The van der Waals surface area contributed by atoms with E-state index < -0.39 is 0 Å². The van der Waals surface area contributed by atoms with Gasteiger partial charge in [0.15, 0.2) is 0 Å². The number of hydrogen-bond acceptors (Lipinski definition) is 14. The summed E-state index contributed by atoms with van der Waals surface area (Å²) in [5.41, 5.74) is 6.23. The second-order valence-electron chi connectivity index (χ2n) is 25.2.